The highest BCUT2D eigenvalue weighted by molar-refractivity contribution is 5.89. The van der Waals surface area contributed by atoms with Gasteiger partial charge in [0.1, 0.15) is 12.6 Å². The molecule has 0 aromatic carbocycles. The fourth-order valence-corrected chi connectivity index (χ4v) is 0.753. The normalized spacial score (nSPS) is 24.8. The molecule has 1 fully saturated rings. The zero-order valence-corrected chi connectivity index (χ0v) is 6.66. The Morgan fingerprint density at radius 3 is 3.00 bits per heavy atom. The summed E-state index contributed by atoms with van der Waals surface area (Å²) in [5.74, 6) is -0.704. The molecule has 1 heterocycles. The van der Waals surface area contributed by atoms with Crippen LogP contribution in [0.3, 0.4) is 0 Å². The molecule has 68 valence electrons. The van der Waals surface area contributed by atoms with Crippen LogP contribution in [0.5, 0.6) is 0 Å². The van der Waals surface area contributed by atoms with Crippen molar-refractivity contribution in [2.45, 2.75) is 19.0 Å². The number of rotatable bonds is 2. The summed E-state index contributed by atoms with van der Waals surface area (Å²) < 4.78 is 0. The Morgan fingerprint density at radius 1 is 1.92 bits per heavy atom. The number of carbonyl (C=O) groups is 2. The molecule has 0 aromatic heterocycles. The number of amides is 2. The average Bonchev–Trinajstić information content (AvgIpc) is 2.36. The molecular formula is C6H11N3O3. The minimum Gasteiger partial charge on any atom is -0.341 e. The van der Waals surface area contributed by atoms with Gasteiger partial charge in [0.2, 0.25) is 5.91 Å². The quantitative estimate of drug-likeness (QED) is 0.445. The van der Waals surface area contributed by atoms with Gasteiger partial charge in [-0.1, -0.05) is 0 Å². The van der Waals surface area contributed by atoms with E-state index in [0.29, 0.717) is 0 Å². The second kappa shape index (κ2) is 3.51. The third kappa shape index (κ3) is 1.93. The van der Waals surface area contributed by atoms with Crippen LogP contribution in [-0.2, 0) is 14.4 Å². The molecule has 1 rings (SSSR count). The zero-order valence-electron chi connectivity index (χ0n) is 6.66. The van der Waals surface area contributed by atoms with Crippen LogP contribution in [0.1, 0.15) is 6.92 Å². The second-order valence-corrected chi connectivity index (χ2v) is 2.63. The van der Waals surface area contributed by atoms with Gasteiger partial charge in [0.15, 0.2) is 0 Å². The van der Waals surface area contributed by atoms with Crippen molar-refractivity contribution in [1.29, 1.82) is 0 Å². The highest BCUT2D eigenvalue weighted by Crippen LogP contribution is 1.94. The maximum absolute atomic E-state index is 11.0. The van der Waals surface area contributed by atoms with Crippen molar-refractivity contribution in [2.24, 2.45) is 5.73 Å². The van der Waals surface area contributed by atoms with Crippen LogP contribution in [0.25, 0.3) is 0 Å². The van der Waals surface area contributed by atoms with E-state index in [1.807, 2.05) is 0 Å². The molecule has 0 bridgehead atoms. The Kier molecular flexibility index (Phi) is 2.61. The van der Waals surface area contributed by atoms with Gasteiger partial charge in [-0.2, -0.15) is 0 Å². The Hall–Kier alpha value is -1.14. The van der Waals surface area contributed by atoms with Crippen molar-refractivity contribution in [3.05, 3.63) is 0 Å². The first-order valence-corrected chi connectivity index (χ1v) is 3.59. The lowest BCUT2D eigenvalue weighted by Crippen LogP contribution is -2.47. The Labute approximate surface area is 69.4 Å². The van der Waals surface area contributed by atoms with Crippen LogP contribution in [-0.4, -0.2) is 30.5 Å². The van der Waals surface area contributed by atoms with E-state index in [-0.39, 0.29) is 18.4 Å². The minimum absolute atomic E-state index is 0.150. The summed E-state index contributed by atoms with van der Waals surface area (Å²) in [6.45, 7) is 1.69. The molecule has 0 aromatic rings. The molecule has 4 N–H and O–H groups in total. The van der Waals surface area contributed by atoms with Gasteiger partial charge in [0.25, 0.3) is 5.91 Å². The number of nitrogens with two attached hydrogens (primary N) is 1. The van der Waals surface area contributed by atoms with E-state index >= 15 is 0 Å². The summed E-state index contributed by atoms with van der Waals surface area (Å²) in [6.07, 6.45) is 0. The summed E-state index contributed by atoms with van der Waals surface area (Å²) in [7, 11) is 0. The zero-order chi connectivity index (χ0) is 9.14. The molecule has 6 nitrogen and oxygen atoms in total. The molecule has 0 saturated carbocycles. The highest BCUT2D eigenvalue weighted by Gasteiger charge is 2.27. The molecule has 2 amide bonds. The molecular weight excluding hydrogens is 162 g/mol. The van der Waals surface area contributed by atoms with Crippen LogP contribution >= 0.6 is 0 Å². The monoisotopic (exact) mass is 173 g/mol. The standard InChI is InChI=1S/C6H11N3O3/c1-3(7)5(10)8-4-2-12-9-6(4)11/h3-4H,2,7H2,1H3,(H,8,10)(H,9,11)/t3-,4+/m0/s1. The summed E-state index contributed by atoms with van der Waals surface area (Å²) in [5.41, 5.74) is 7.39. The molecule has 0 unspecified atom stereocenters. The van der Waals surface area contributed by atoms with Gasteiger partial charge in [-0.15, -0.1) is 0 Å². The van der Waals surface area contributed by atoms with Crippen LogP contribution in [0.2, 0.25) is 0 Å². The van der Waals surface area contributed by atoms with Crippen molar-refractivity contribution in [3.63, 3.8) is 0 Å². The summed E-state index contributed by atoms with van der Waals surface area (Å²) in [5, 5.41) is 2.43. The first kappa shape index (κ1) is 8.95. The van der Waals surface area contributed by atoms with E-state index in [2.05, 4.69) is 15.6 Å². The fraction of sp³-hybridized carbons (Fsp3) is 0.667. The fourth-order valence-electron chi connectivity index (χ4n) is 0.753. The molecule has 1 aliphatic rings. The van der Waals surface area contributed by atoms with Gasteiger partial charge in [0, 0.05) is 0 Å². The van der Waals surface area contributed by atoms with Gasteiger partial charge in [-0.05, 0) is 6.92 Å². The minimum atomic E-state index is -0.613. The predicted molar refractivity (Wildman–Crippen MR) is 39.7 cm³/mol. The van der Waals surface area contributed by atoms with Gasteiger partial charge in [0.05, 0.1) is 6.04 Å². The number of hydrogen-bond acceptors (Lipinski definition) is 4. The third-order valence-electron chi connectivity index (χ3n) is 1.47. The van der Waals surface area contributed by atoms with Crippen LogP contribution < -0.4 is 16.5 Å². The van der Waals surface area contributed by atoms with Gasteiger partial charge < -0.3 is 11.1 Å². The number of hydroxylamine groups is 1. The topological polar surface area (TPSA) is 93.5 Å². The molecule has 0 aliphatic carbocycles. The van der Waals surface area contributed by atoms with E-state index in [4.69, 9.17) is 5.73 Å². The van der Waals surface area contributed by atoms with Gasteiger partial charge >= 0.3 is 0 Å². The molecule has 1 aliphatic heterocycles. The van der Waals surface area contributed by atoms with Gasteiger partial charge in [-0.25, -0.2) is 5.48 Å². The van der Waals surface area contributed by atoms with E-state index in [9.17, 15) is 9.59 Å². The Morgan fingerprint density at radius 2 is 2.58 bits per heavy atom. The van der Waals surface area contributed by atoms with Crippen LogP contribution in [0.15, 0.2) is 0 Å². The summed E-state index contributed by atoms with van der Waals surface area (Å²) in [6, 6.07) is -1.22. The number of hydrogen-bond donors (Lipinski definition) is 3. The molecule has 0 spiro atoms. The molecule has 0 radical (unpaired) electrons. The van der Waals surface area contributed by atoms with Crippen molar-refractivity contribution < 1.29 is 14.4 Å². The summed E-state index contributed by atoms with van der Waals surface area (Å²) >= 11 is 0. The van der Waals surface area contributed by atoms with E-state index in [1.165, 1.54) is 0 Å². The SMILES string of the molecule is C[C@H](N)C(=O)N[C@@H]1CONC1=O. The molecule has 2 atom stereocenters. The lowest BCUT2D eigenvalue weighted by molar-refractivity contribution is -0.129. The number of nitrogens with one attached hydrogen (secondary N) is 2. The molecule has 6 heteroatoms. The van der Waals surface area contributed by atoms with Crippen LogP contribution in [0, 0.1) is 0 Å². The van der Waals surface area contributed by atoms with Gasteiger partial charge in [-0.3, -0.25) is 14.4 Å². The van der Waals surface area contributed by atoms with E-state index in [1.54, 1.807) is 6.92 Å². The summed E-state index contributed by atoms with van der Waals surface area (Å²) in [4.78, 5) is 26.4. The maximum Gasteiger partial charge on any atom is 0.268 e. The first-order valence-electron chi connectivity index (χ1n) is 3.59. The van der Waals surface area contributed by atoms with Crippen molar-refractivity contribution in [1.82, 2.24) is 10.8 Å². The smallest absolute Gasteiger partial charge is 0.268 e. The van der Waals surface area contributed by atoms with Crippen molar-refractivity contribution in [3.8, 4) is 0 Å². The predicted octanol–water partition coefficient (Wildman–Crippen LogP) is -2.12. The Balaban J connectivity index is 2.40. The van der Waals surface area contributed by atoms with E-state index < -0.39 is 12.1 Å². The lowest BCUT2D eigenvalue weighted by atomic mass is 10.2. The highest BCUT2D eigenvalue weighted by atomic mass is 16.7. The molecule has 12 heavy (non-hydrogen) atoms. The van der Waals surface area contributed by atoms with E-state index in [0.717, 1.165) is 0 Å². The molecule has 1 saturated heterocycles. The van der Waals surface area contributed by atoms with Crippen molar-refractivity contribution in [2.75, 3.05) is 6.61 Å². The van der Waals surface area contributed by atoms with Crippen LogP contribution in [0.4, 0.5) is 0 Å². The lowest BCUT2D eigenvalue weighted by Gasteiger charge is -2.09. The largest absolute Gasteiger partial charge is 0.341 e. The second-order valence-electron chi connectivity index (χ2n) is 2.63. The Bertz CT molecular complexity index is 204. The van der Waals surface area contributed by atoms with Crippen molar-refractivity contribution >= 4 is 11.8 Å². The number of carbonyl (C=O) groups excluding carboxylic acids is 2. The maximum atomic E-state index is 11.0. The third-order valence-corrected chi connectivity index (χ3v) is 1.47. The average molecular weight is 173 g/mol. The first-order chi connectivity index (χ1) is 5.61.